The maximum absolute atomic E-state index is 13.0. The molecule has 0 N–H and O–H groups in total. The minimum Gasteiger partial charge on any atom is -0.206 e. The predicted octanol–water partition coefficient (Wildman–Crippen LogP) is 3.74. The number of benzene rings is 1. The van der Waals surface area contributed by atoms with E-state index in [0.717, 1.165) is 6.07 Å². The highest BCUT2D eigenvalue weighted by molar-refractivity contribution is 6.21. The molecule has 0 amide bonds. The lowest BCUT2D eigenvalue weighted by atomic mass is 10.2. The standard InChI is InChI=1S/C10H8ClF3/c1-6(11)2-3-7-4-9(13)10(14)5-8(7)12/h2-6H,1H3/b3-2+. The fraction of sp³-hybridized carbons (Fsp3) is 0.200. The van der Waals surface area contributed by atoms with Crippen LogP contribution in [-0.4, -0.2) is 5.38 Å². The van der Waals surface area contributed by atoms with Crippen molar-refractivity contribution in [1.82, 2.24) is 0 Å². The smallest absolute Gasteiger partial charge is 0.161 e. The molecule has 1 unspecified atom stereocenters. The van der Waals surface area contributed by atoms with Crippen LogP contribution in [0.5, 0.6) is 0 Å². The minimum atomic E-state index is -1.20. The Labute approximate surface area is 85.0 Å². The molecule has 0 nitrogen and oxygen atoms in total. The van der Waals surface area contributed by atoms with Crippen LogP contribution < -0.4 is 0 Å². The lowest BCUT2D eigenvalue weighted by Crippen LogP contribution is -1.91. The molecule has 76 valence electrons. The van der Waals surface area contributed by atoms with Crippen molar-refractivity contribution in [2.24, 2.45) is 0 Å². The normalized spacial score (nSPS) is 13.5. The summed E-state index contributed by atoms with van der Waals surface area (Å²) in [6.07, 6.45) is 2.80. The van der Waals surface area contributed by atoms with Crippen LogP contribution in [0.4, 0.5) is 13.2 Å². The third-order valence-electron chi connectivity index (χ3n) is 1.58. The third-order valence-corrected chi connectivity index (χ3v) is 1.73. The third kappa shape index (κ3) is 2.77. The molecule has 1 aromatic carbocycles. The summed E-state index contributed by atoms with van der Waals surface area (Å²) in [5.74, 6) is -3.08. The lowest BCUT2D eigenvalue weighted by molar-refractivity contribution is 0.494. The Kier molecular flexibility index (Phi) is 3.58. The van der Waals surface area contributed by atoms with Gasteiger partial charge in [0.1, 0.15) is 5.82 Å². The van der Waals surface area contributed by atoms with Gasteiger partial charge in [-0.2, -0.15) is 0 Å². The molecule has 0 aliphatic carbocycles. The van der Waals surface area contributed by atoms with Gasteiger partial charge in [0, 0.05) is 17.0 Å². The molecule has 14 heavy (non-hydrogen) atoms. The van der Waals surface area contributed by atoms with Crippen molar-refractivity contribution >= 4 is 17.7 Å². The van der Waals surface area contributed by atoms with Gasteiger partial charge in [0.15, 0.2) is 11.6 Å². The van der Waals surface area contributed by atoms with Crippen molar-refractivity contribution in [3.05, 3.63) is 41.2 Å². The van der Waals surface area contributed by atoms with E-state index in [2.05, 4.69) is 0 Å². The van der Waals surface area contributed by atoms with E-state index in [1.54, 1.807) is 6.92 Å². The zero-order valence-electron chi connectivity index (χ0n) is 7.40. The van der Waals surface area contributed by atoms with Crippen LogP contribution in [0.1, 0.15) is 12.5 Å². The molecule has 1 aromatic rings. The van der Waals surface area contributed by atoms with Crippen LogP contribution in [-0.2, 0) is 0 Å². The molecule has 1 atom stereocenters. The van der Waals surface area contributed by atoms with Crippen LogP contribution in [0.15, 0.2) is 18.2 Å². The molecule has 4 heteroatoms. The monoisotopic (exact) mass is 220 g/mol. The molecule has 0 aliphatic rings. The van der Waals surface area contributed by atoms with E-state index >= 15 is 0 Å². The summed E-state index contributed by atoms with van der Waals surface area (Å²) >= 11 is 5.57. The Bertz CT molecular complexity index is 359. The maximum atomic E-state index is 13.0. The van der Waals surface area contributed by atoms with E-state index in [9.17, 15) is 13.2 Å². The van der Waals surface area contributed by atoms with Gasteiger partial charge in [-0.05, 0) is 13.0 Å². The average molecular weight is 221 g/mol. The van der Waals surface area contributed by atoms with Gasteiger partial charge in [-0.3, -0.25) is 0 Å². The van der Waals surface area contributed by atoms with Crippen molar-refractivity contribution < 1.29 is 13.2 Å². The number of rotatable bonds is 2. The first-order valence-corrected chi connectivity index (χ1v) is 4.41. The van der Waals surface area contributed by atoms with Crippen molar-refractivity contribution in [3.63, 3.8) is 0 Å². The van der Waals surface area contributed by atoms with Gasteiger partial charge in [0.05, 0.1) is 0 Å². The van der Waals surface area contributed by atoms with Gasteiger partial charge in [0.2, 0.25) is 0 Å². The van der Waals surface area contributed by atoms with Crippen LogP contribution in [0.3, 0.4) is 0 Å². The second kappa shape index (κ2) is 4.51. The molecule has 0 heterocycles. The second-order valence-electron chi connectivity index (χ2n) is 2.82. The number of halogens is 4. The lowest BCUT2D eigenvalue weighted by Gasteiger charge is -1.99. The number of hydrogen-bond acceptors (Lipinski definition) is 0. The number of allylic oxidation sites excluding steroid dienone is 1. The fourth-order valence-electron chi connectivity index (χ4n) is 0.902. The van der Waals surface area contributed by atoms with Crippen molar-refractivity contribution in [2.75, 3.05) is 0 Å². The molecule has 0 spiro atoms. The largest absolute Gasteiger partial charge is 0.206 e. The minimum absolute atomic E-state index is 0.0172. The summed E-state index contributed by atoms with van der Waals surface area (Å²) < 4.78 is 38.1. The van der Waals surface area contributed by atoms with Crippen LogP contribution >= 0.6 is 11.6 Å². The Hall–Kier alpha value is -0.960. The van der Waals surface area contributed by atoms with Crippen molar-refractivity contribution in [1.29, 1.82) is 0 Å². The van der Waals surface area contributed by atoms with Gasteiger partial charge in [-0.25, -0.2) is 13.2 Å². The Balaban J connectivity index is 3.04. The summed E-state index contributed by atoms with van der Waals surface area (Å²) in [5.41, 5.74) is -0.0172. The summed E-state index contributed by atoms with van der Waals surface area (Å²) in [4.78, 5) is 0. The molecular weight excluding hydrogens is 213 g/mol. The molecule has 0 saturated heterocycles. The van der Waals surface area contributed by atoms with Gasteiger partial charge in [0.25, 0.3) is 0 Å². The first-order valence-electron chi connectivity index (χ1n) is 3.97. The summed E-state index contributed by atoms with van der Waals surface area (Å²) in [7, 11) is 0. The first-order chi connectivity index (χ1) is 6.50. The highest BCUT2D eigenvalue weighted by Crippen LogP contribution is 2.15. The zero-order valence-corrected chi connectivity index (χ0v) is 8.15. The summed E-state index contributed by atoms with van der Waals surface area (Å²) in [6, 6.07) is 1.30. The van der Waals surface area contributed by atoms with E-state index in [4.69, 9.17) is 11.6 Å². The predicted molar refractivity (Wildman–Crippen MR) is 50.7 cm³/mol. The highest BCUT2D eigenvalue weighted by atomic mass is 35.5. The fourth-order valence-corrected chi connectivity index (χ4v) is 0.975. The molecule has 0 saturated carbocycles. The maximum Gasteiger partial charge on any atom is 0.161 e. The topological polar surface area (TPSA) is 0 Å². The molecule has 0 bridgehead atoms. The van der Waals surface area contributed by atoms with Gasteiger partial charge < -0.3 is 0 Å². The van der Waals surface area contributed by atoms with E-state index < -0.39 is 17.5 Å². The quantitative estimate of drug-likeness (QED) is 0.526. The summed E-state index contributed by atoms with van der Waals surface area (Å²) in [5, 5.41) is -0.289. The van der Waals surface area contributed by atoms with Crippen molar-refractivity contribution in [2.45, 2.75) is 12.3 Å². The molecule has 0 radical (unpaired) electrons. The van der Waals surface area contributed by atoms with Crippen molar-refractivity contribution in [3.8, 4) is 0 Å². The Morgan fingerprint density at radius 1 is 1.14 bits per heavy atom. The van der Waals surface area contributed by atoms with E-state index in [0.29, 0.717) is 6.07 Å². The number of alkyl halides is 1. The molecular formula is C10H8ClF3. The van der Waals surface area contributed by atoms with E-state index in [1.165, 1.54) is 12.2 Å². The average Bonchev–Trinajstić information content (AvgIpc) is 2.09. The van der Waals surface area contributed by atoms with E-state index in [1.807, 2.05) is 0 Å². The molecule has 0 fully saturated rings. The molecule has 0 aromatic heterocycles. The second-order valence-corrected chi connectivity index (χ2v) is 3.51. The van der Waals surface area contributed by atoms with E-state index in [-0.39, 0.29) is 10.9 Å². The zero-order chi connectivity index (χ0) is 10.7. The van der Waals surface area contributed by atoms with Gasteiger partial charge >= 0.3 is 0 Å². The van der Waals surface area contributed by atoms with Crippen LogP contribution in [0.25, 0.3) is 6.08 Å². The first kappa shape index (κ1) is 11.1. The Morgan fingerprint density at radius 2 is 1.71 bits per heavy atom. The highest BCUT2D eigenvalue weighted by Gasteiger charge is 2.07. The summed E-state index contributed by atoms with van der Waals surface area (Å²) in [6.45, 7) is 1.68. The molecule has 1 rings (SSSR count). The number of hydrogen-bond donors (Lipinski definition) is 0. The molecule has 0 aliphatic heterocycles. The Morgan fingerprint density at radius 3 is 2.29 bits per heavy atom. The van der Waals surface area contributed by atoms with Gasteiger partial charge in [-0.1, -0.05) is 12.2 Å². The van der Waals surface area contributed by atoms with Crippen LogP contribution in [0.2, 0.25) is 0 Å². The van der Waals surface area contributed by atoms with Gasteiger partial charge in [-0.15, -0.1) is 11.6 Å². The SMILES string of the molecule is CC(Cl)/C=C/c1cc(F)c(F)cc1F. The van der Waals surface area contributed by atoms with Crippen LogP contribution in [0, 0.1) is 17.5 Å².